The zero-order chi connectivity index (χ0) is 16.4. The molecule has 0 aromatic heterocycles. The number of aliphatic hydroxyl groups is 1. The lowest BCUT2D eigenvalue weighted by Gasteiger charge is -2.49. The van der Waals surface area contributed by atoms with Crippen LogP contribution in [0.15, 0.2) is 11.6 Å². The number of rotatable bonds is 1. The number of ketones is 3. The minimum atomic E-state index is -1.29. The monoisotopic (exact) mass is 316 g/mol. The molecule has 0 bridgehead atoms. The van der Waals surface area contributed by atoms with Crippen molar-refractivity contribution in [2.75, 3.05) is 0 Å². The molecule has 23 heavy (non-hydrogen) atoms. The van der Waals surface area contributed by atoms with Crippen LogP contribution in [0.25, 0.3) is 0 Å². The topological polar surface area (TPSA) is 71.4 Å². The Bertz CT molecular complexity index is 619. The quantitative estimate of drug-likeness (QED) is 0.805. The van der Waals surface area contributed by atoms with E-state index in [0.29, 0.717) is 19.3 Å². The van der Waals surface area contributed by atoms with Gasteiger partial charge in [-0.05, 0) is 62.9 Å². The molecule has 5 unspecified atom stereocenters. The number of hydrogen-bond acceptors (Lipinski definition) is 4. The first-order chi connectivity index (χ1) is 10.9. The van der Waals surface area contributed by atoms with E-state index >= 15 is 0 Å². The average Bonchev–Trinajstić information content (AvgIpc) is 2.85. The second-order valence-corrected chi connectivity index (χ2v) is 8.02. The van der Waals surface area contributed by atoms with E-state index in [1.165, 1.54) is 12.5 Å². The summed E-state index contributed by atoms with van der Waals surface area (Å²) >= 11 is 0. The highest BCUT2D eigenvalue weighted by Crippen LogP contribution is 2.58. The molecule has 4 aliphatic rings. The zero-order valence-electron chi connectivity index (χ0n) is 13.6. The lowest BCUT2D eigenvalue weighted by Crippen LogP contribution is -2.52. The van der Waals surface area contributed by atoms with Crippen LogP contribution in [0, 0.1) is 29.6 Å². The molecule has 0 aromatic carbocycles. The van der Waals surface area contributed by atoms with Gasteiger partial charge < -0.3 is 5.11 Å². The molecule has 4 heteroatoms. The first-order valence-corrected chi connectivity index (χ1v) is 8.91. The lowest BCUT2D eigenvalue weighted by atomic mass is 9.54. The van der Waals surface area contributed by atoms with Gasteiger partial charge in [-0.3, -0.25) is 14.4 Å². The predicted molar refractivity (Wildman–Crippen MR) is 83.5 cm³/mol. The SMILES string of the molecule is CC(=O)[C@@]1(O)CCC2C3CCC4=CC(=O)CCC4C3C(=O)CC21. The summed E-state index contributed by atoms with van der Waals surface area (Å²) in [4.78, 5) is 36.5. The van der Waals surface area contributed by atoms with Crippen molar-refractivity contribution in [2.24, 2.45) is 29.6 Å². The van der Waals surface area contributed by atoms with E-state index in [1.54, 1.807) is 6.08 Å². The van der Waals surface area contributed by atoms with Crippen LogP contribution in [-0.4, -0.2) is 28.1 Å². The molecule has 0 saturated heterocycles. The molecular weight excluding hydrogens is 292 g/mol. The largest absolute Gasteiger partial charge is 0.382 e. The molecule has 0 amide bonds. The van der Waals surface area contributed by atoms with Crippen LogP contribution >= 0.6 is 0 Å². The van der Waals surface area contributed by atoms with Crippen LogP contribution in [0.5, 0.6) is 0 Å². The van der Waals surface area contributed by atoms with Crippen LogP contribution in [0.2, 0.25) is 0 Å². The Labute approximate surface area is 136 Å². The maximum absolute atomic E-state index is 12.9. The zero-order valence-corrected chi connectivity index (χ0v) is 13.6. The van der Waals surface area contributed by atoms with Gasteiger partial charge in [0.1, 0.15) is 11.4 Å². The number of carbonyl (C=O) groups is 3. The molecule has 1 N–H and O–H groups in total. The van der Waals surface area contributed by atoms with Gasteiger partial charge in [0.25, 0.3) is 0 Å². The fourth-order valence-corrected chi connectivity index (χ4v) is 6.04. The molecule has 4 rings (SSSR count). The Morgan fingerprint density at radius 3 is 2.70 bits per heavy atom. The summed E-state index contributed by atoms with van der Waals surface area (Å²) in [6.07, 6.45) is 6.62. The van der Waals surface area contributed by atoms with E-state index in [0.717, 1.165) is 25.7 Å². The maximum Gasteiger partial charge on any atom is 0.161 e. The first-order valence-electron chi connectivity index (χ1n) is 8.91. The highest BCUT2D eigenvalue weighted by atomic mass is 16.3. The van der Waals surface area contributed by atoms with E-state index in [9.17, 15) is 19.5 Å². The molecule has 4 nitrogen and oxygen atoms in total. The van der Waals surface area contributed by atoms with Gasteiger partial charge in [-0.25, -0.2) is 0 Å². The Hall–Kier alpha value is -1.29. The third-order valence-electron chi connectivity index (χ3n) is 7.13. The van der Waals surface area contributed by atoms with Gasteiger partial charge in [0.2, 0.25) is 0 Å². The van der Waals surface area contributed by atoms with Gasteiger partial charge in [-0.15, -0.1) is 0 Å². The van der Waals surface area contributed by atoms with Crippen molar-refractivity contribution in [3.63, 3.8) is 0 Å². The van der Waals surface area contributed by atoms with E-state index in [-0.39, 0.29) is 46.9 Å². The number of hydrogen-bond donors (Lipinski definition) is 1. The van der Waals surface area contributed by atoms with Crippen molar-refractivity contribution in [1.82, 2.24) is 0 Å². The summed E-state index contributed by atoms with van der Waals surface area (Å²) in [6, 6.07) is 0. The minimum Gasteiger partial charge on any atom is -0.382 e. The third-order valence-corrected chi connectivity index (χ3v) is 7.13. The Kier molecular flexibility index (Phi) is 3.38. The van der Waals surface area contributed by atoms with Crippen LogP contribution < -0.4 is 0 Å². The Morgan fingerprint density at radius 2 is 1.96 bits per heavy atom. The van der Waals surface area contributed by atoms with Crippen LogP contribution in [0.4, 0.5) is 0 Å². The third kappa shape index (κ3) is 2.10. The van der Waals surface area contributed by atoms with Gasteiger partial charge in [0.05, 0.1) is 0 Å². The second kappa shape index (κ2) is 5.10. The molecule has 0 aliphatic heterocycles. The van der Waals surface area contributed by atoms with Crippen LogP contribution in [0.1, 0.15) is 51.9 Å². The van der Waals surface area contributed by atoms with E-state index in [1.807, 2.05) is 0 Å². The van der Waals surface area contributed by atoms with Gasteiger partial charge in [0.15, 0.2) is 11.6 Å². The van der Waals surface area contributed by atoms with Crippen molar-refractivity contribution in [1.29, 1.82) is 0 Å². The standard InChI is InChI=1S/C19H24O4/c1-10(20)19(23)7-6-14-15-4-2-11-8-12(21)3-5-13(11)18(15)17(22)9-16(14)19/h8,13-16,18,23H,2-7,9H2,1H3/t13?,14?,15?,16?,18?,19-/m0/s1. The maximum atomic E-state index is 12.9. The lowest BCUT2D eigenvalue weighted by molar-refractivity contribution is -0.149. The number of fused-ring (bicyclic) bond motifs is 5. The number of allylic oxidation sites excluding steroid dienone is 1. The van der Waals surface area contributed by atoms with E-state index in [2.05, 4.69) is 0 Å². The van der Waals surface area contributed by atoms with Gasteiger partial charge in [-0.1, -0.05) is 5.57 Å². The molecule has 3 saturated carbocycles. The molecular formula is C19H24O4. The van der Waals surface area contributed by atoms with Crippen molar-refractivity contribution < 1.29 is 19.5 Å². The highest BCUT2D eigenvalue weighted by Gasteiger charge is 2.59. The summed E-state index contributed by atoms with van der Waals surface area (Å²) in [6.45, 7) is 1.45. The summed E-state index contributed by atoms with van der Waals surface area (Å²) in [5, 5.41) is 10.8. The molecule has 6 atom stereocenters. The molecule has 3 fully saturated rings. The van der Waals surface area contributed by atoms with E-state index < -0.39 is 5.60 Å². The summed E-state index contributed by atoms with van der Waals surface area (Å²) in [7, 11) is 0. The normalized spacial score (nSPS) is 45.8. The fraction of sp³-hybridized carbons (Fsp3) is 0.737. The molecule has 124 valence electrons. The van der Waals surface area contributed by atoms with Crippen molar-refractivity contribution in [3.8, 4) is 0 Å². The number of carbonyl (C=O) groups excluding carboxylic acids is 3. The van der Waals surface area contributed by atoms with Crippen molar-refractivity contribution in [3.05, 3.63) is 11.6 Å². The Balaban J connectivity index is 1.66. The van der Waals surface area contributed by atoms with Crippen molar-refractivity contribution >= 4 is 17.3 Å². The van der Waals surface area contributed by atoms with Gasteiger partial charge in [-0.2, -0.15) is 0 Å². The van der Waals surface area contributed by atoms with Crippen LogP contribution in [0.3, 0.4) is 0 Å². The summed E-state index contributed by atoms with van der Waals surface area (Å²) in [5.74, 6) is 0.839. The van der Waals surface area contributed by atoms with E-state index in [4.69, 9.17) is 0 Å². The smallest absolute Gasteiger partial charge is 0.161 e. The summed E-state index contributed by atoms with van der Waals surface area (Å²) in [5.41, 5.74) is -0.113. The average molecular weight is 316 g/mol. The molecule has 4 aliphatic carbocycles. The molecule has 0 heterocycles. The van der Waals surface area contributed by atoms with Gasteiger partial charge >= 0.3 is 0 Å². The second-order valence-electron chi connectivity index (χ2n) is 8.02. The Morgan fingerprint density at radius 1 is 1.17 bits per heavy atom. The summed E-state index contributed by atoms with van der Waals surface area (Å²) < 4.78 is 0. The number of Topliss-reactive ketones (excluding diaryl/α,β-unsaturated/α-hetero) is 2. The first kappa shape index (κ1) is 15.3. The minimum absolute atomic E-state index is 0.0126. The van der Waals surface area contributed by atoms with Crippen LogP contribution in [-0.2, 0) is 14.4 Å². The molecule has 0 radical (unpaired) electrons. The fourth-order valence-electron chi connectivity index (χ4n) is 6.04. The highest BCUT2D eigenvalue weighted by molar-refractivity contribution is 5.93. The predicted octanol–water partition coefficient (Wildman–Crippen LogP) is 2.24. The van der Waals surface area contributed by atoms with Gasteiger partial charge in [0, 0.05) is 24.7 Å². The van der Waals surface area contributed by atoms with Crippen molar-refractivity contribution in [2.45, 2.75) is 57.5 Å². The molecule has 0 spiro atoms. The molecule has 0 aromatic rings.